The van der Waals surface area contributed by atoms with Gasteiger partial charge in [-0.1, -0.05) is 24.6 Å². The van der Waals surface area contributed by atoms with Crippen molar-refractivity contribution in [3.05, 3.63) is 30.0 Å². The van der Waals surface area contributed by atoms with E-state index in [9.17, 15) is 14.7 Å². The molecule has 7 nitrogen and oxygen atoms in total. The number of amides is 1. The topological polar surface area (TPSA) is 94.7 Å². The van der Waals surface area contributed by atoms with E-state index in [4.69, 9.17) is 4.74 Å². The molecule has 0 saturated carbocycles. The molecule has 1 aromatic carbocycles. The number of nitrogens with one attached hydrogen (secondary N) is 2. The lowest BCUT2D eigenvalue weighted by Crippen LogP contribution is -2.44. The number of H-pyrrole nitrogens is 1. The Morgan fingerprint density at radius 2 is 2.15 bits per heavy atom. The molecule has 2 heterocycles. The normalized spacial score (nSPS) is 18.0. The van der Waals surface area contributed by atoms with Crippen LogP contribution in [0.3, 0.4) is 0 Å². The van der Waals surface area contributed by atoms with Gasteiger partial charge in [-0.05, 0) is 31.9 Å². The Bertz CT molecular complexity index is 784. The fourth-order valence-electron chi connectivity index (χ4n) is 3.63. The predicted molar refractivity (Wildman–Crippen MR) is 99.2 cm³/mol. The fraction of sp³-hybridized carbons (Fsp3) is 0.474. The molecule has 1 aliphatic heterocycles. The minimum atomic E-state index is -0.521. The zero-order valence-electron chi connectivity index (χ0n) is 15.0. The van der Waals surface area contributed by atoms with Gasteiger partial charge in [0.15, 0.2) is 0 Å². The Morgan fingerprint density at radius 1 is 1.35 bits per heavy atom. The Kier molecular flexibility index (Phi) is 5.90. The highest BCUT2D eigenvalue weighted by Gasteiger charge is 2.25. The third-order valence-corrected chi connectivity index (χ3v) is 4.92. The maximum absolute atomic E-state index is 12.7. The summed E-state index contributed by atoms with van der Waals surface area (Å²) in [5.41, 5.74) is 1.46. The standard InChI is InChI=1S/C19H25N3O4/c1-26-19(25)18-17(14-7-2-3-8-15(14)20-18)21-16(24)12-22-10-5-4-6-13(22)9-11-23/h2-3,7-8,13,20,23H,4-6,9-12H2,1H3,(H,21,24)/t13-/m0/s1. The first-order valence-corrected chi connectivity index (χ1v) is 8.97. The third kappa shape index (κ3) is 3.89. The second kappa shape index (κ2) is 8.33. The van der Waals surface area contributed by atoms with Gasteiger partial charge in [-0.15, -0.1) is 0 Å². The van der Waals surface area contributed by atoms with Crippen molar-refractivity contribution in [1.29, 1.82) is 0 Å². The van der Waals surface area contributed by atoms with E-state index < -0.39 is 5.97 Å². The molecule has 0 aliphatic carbocycles. The molecule has 3 rings (SSSR count). The summed E-state index contributed by atoms with van der Waals surface area (Å²) < 4.78 is 4.83. The lowest BCUT2D eigenvalue weighted by molar-refractivity contribution is -0.118. The molecule has 1 amide bonds. The number of likely N-dealkylation sites (tertiary alicyclic amines) is 1. The molecule has 0 radical (unpaired) electrons. The van der Waals surface area contributed by atoms with Crippen LogP contribution in [0.5, 0.6) is 0 Å². The van der Waals surface area contributed by atoms with Crippen LogP contribution in [0.2, 0.25) is 0 Å². The molecule has 1 saturated heterocycles. The van der Waals surface area contributed by atoms with Gasteiger partial charge in [-0.3, -0.25) is 9.69 Å². The molecule has 0 spiro atoms. The van der Waals surface area contributed by atoms with Crippen molar-refractivity contribution >= 4 is 28.5 Å². The number of para-hydroxylation sites is 1. The van der Waals surface area contributed by atoms with Crippen LogP contribution in [0.1, 0.15) is 36.2 Å². The highest BCUT2D eigenvalue weighted by atomic mass is 16.5. The maximum Gasteiger partial charge on any atom is 0.356 e. The predicted octanol–water partition coefficient (Wildman–Crippen LogP) is 2.13. The average molecular weight is 359 g/mol. The lowest BCUT2D eigenvalue weighted by atomic mass is 9.99. The summed E-state index contributed by atoms with van der Waals surface area (Å²) in [6, 6.07) is 7.64. The fourth-order valence-corrected chi connectivity index (χ4v) is 3.63. The molecule has 0 unspecified atom stereocenters. The molecule has 0 bridgehead atoms. The summed E-state index contributed by atoms with van der Waals surface area (Å²) in [5, 5.41) is 12.9. The number of benzene rings is 1. The van der Waals surface area contributed by atoms with Gasteiger partial charge in [0.1, 0.15) is 5.69 Å². The Hall–Kier alpha value is -2.38. The number of carbonyl (C=O) groups is 2. The molecule has 1 aromatic heterocycles. The first kappa shape index (κ1) is 18.4. The van der Waals surface area contributed by atoms with E-state index in [1.807, 2.05) is 24.3 Å². The summed E-state index contributed by atoms with van der Waals surface area (Å²) in [6.45, 7) is 1.21. The summed E-state index contributed by atoms with van der Waals surface area (Å²) >= 11 is 0. The monoisotopic (exact) mass is 359 g/mol. The number of ether oxygens (including phenoxy) is 1. The molecule has 26 heavy (non-hydrogen) atoms. The summed E-state index contributed by atoms with van der Waals surface area (Å²) in [4.78, 5) is 29.9. The number of hydrogen-bond donors (Lipinski definition) is 3. The number of aliphatic hydroxyl groups excluding tert-OH is 1. The van der Waals surface area contributed by atoms with E-state index in [0.717, 1.165) is 36.7 Å². The number of methoxy groups -OCH3 is 1. The van der Waals surface area contributed by atoms with Crippen LogP contribution < -0.4 is 5.32 Å². The minimum Gasteiger partial charge on any atom is -0.464 e. The van der Waals surface area contributed by atoms with E-state index in [1.54, 1.807) is 0 Å². The van der Waals surface area contributed by atoms with Crippen LogP contribution in [0.25, 0.3) is 10.9 Å². The molecule has 1 atom stereocenters. The van der Waals surface area contributed by atoms with Crippen LogP contribution in [-0.4, -0.2) is 59.7 Å². The molecule has 140 valence electrons. The number of fused-ring (bicyclic) bond motifs is 1. The molecular formula is C19H25N3O4. The molecule has 1 fully saturated rings. The number of carbonyl (C=O) groups excluding carboxylic acids is 2. The highest BCUT2D eigenvalue weighted by molar-refractivity contribution is 6.11. The molecule has 3 N–H and O–H groups in total. The van der Waals surface area contributed by atoms with Crippen LogP contribution in [0, 0.1) is 0 Å². The number of esters is 1. The summed E-state index contributed by atoms with van der Waals surface area (Å²) in [6.07, 6.45) is 3.84. The van der Waals surface area contributed by atoms with E-state index in [1.165, 1.54) is 7.11 Å². The molecule has 2 aromatic rings. The van der Waals surface area contributed by atoms with Gasteiger partial charge >= 0.3 is 5.97 Å². The molecular weight excluding hydrogens is 334 g/mol. The lowest BCUT2D eigenvalue weighted by Gasteiger charge is -2.34. The zero-order chi connectivity index (χ0) is 18.5. The SMILES string of the molecule is COC(=O)c1[nH]c2ccccc2c1NC(=O)CN1CCCC[C@H]1CCO. The minimum absolute atomic E-state index is 0.123. The first-order chi connectivity index (χ1) is 12.6. The molecule has 7 heteroatoms. The summed E-state index contributed by atoms with van der Waals surface area (Å²) in [7, 11) is 1.31. The molecule has 1 aliphatic rings. The van der Waals surface area contributed by atoms with Gasteiger partial charge in [-0.25, -0.2) is 4.79 Å². The summed E-state index contributed by atoms with van der Waals surface area (Å²) in [5.74, 6) is -0.697. The van der Waals surface area contributed by atoms with Crippen LogP contribution >= 0.6 is 0 Å². The van der Waals surface area contributed by atoms with Crippen molar-refractivity contribution in [3.8, 4) is 0 Å². The number of aromatic nitrogens is 1. The van der Waals surface area contributed by atoms with Crippen LogP contribution in [0.15, 0.2) is 24.3 Å². The van der Waals surface area contributed by atoms with Crippen molar-refractivity contribution in [3.63, 3.8) is 0 Å². The number of nitrogens with zero attached hydrogens (tertiary/aromatic N) is 1. The number of aromatic amines is 1. The van der Waals surface area contributed by atoms with Crippen LogP contribution in [0.4, 0.5) is 5.69 Å². The number of rotatable bonds is 6. The Morgan fingerprint density at radius 3 is 2.92 bits per heavy atom. The van der Waals surface area contributed by atoms with Crippen molar-refractivity contribution in [2.24, 2.45) is 0 Å². The van der Waals surface area contributed by atoms with Gasteiger partial charge < -0.3 is 20.1 Å². The van der Waals surface area contributed by atoms with E-state index >= 15 is 0 Å². The smallest absolute Gasteiger partial charge is 0.356 e. The van der Waals surface area contributed by atoms with Gasteiger partial charge in [0.05, 0.1) is 19.3 Å². The van der Waals surface area contributed by atoms with Crippen molar-refractivity contribution < 1.29 is 19.4 Å². The van der Waals surface area contributed by atoms with E-state index in [2.05, 4.69) is 15.2 Å². The number of hydrogen-bond acceptors (Lipinski definition) is 5. The highest BCUT2D eigenvalue weighted by Crippen LogP contribution is 2.28. The quantitative estimate of drug-likeness (QED) is 0.687. The van der Waals surface area contributed by atoms with Gasteiger partial charge in [0.25, 0.3) is 0 Å². The second-order valence-corrected chi connectivity index (χ2v) is 6.59. The Balaban J connectivity index is 1.79. The van der Waals surface area contributed by atoms with Crippen LogP contribution in [-0.2, 0) is 9.53 Å². The first-order valence-electron chi connectivity index (χ1n) is 8.97. The second-order valence-electron chi connectivity index (χ2n) is 6.59. The largest absolute Gasteiger partial charge is 0.464 e. The van der Waals surface area contributed by atoms with Gasteiger partial charge in [0.2, 0.25) is 5.91 Å². The number of anilines is 1. The van der Waals surface area contributed by atoms with E-state index in [-0.39, 0.29) is 30.8 Å². The van der Waals surface area contributed by atoms with Crippen molar-refractivity contribution in [2.45, 2.75) is 31.7 Å². The van der Waals surface area contributed by atoms with Gasteiger partial charge in [0, 0.05) is 23.6 Å². The maximum atomic E-state index is 12.7. The zero-order valence-corrected chi connectivity index (χ0v) is 15.0. The third-order valence-electron chi connectivity index (χ3n) is 4.92. The van der Waals surface area contributed by atoms with Crippen molar-refractivity contribution in [2.75, 3.05) is 32.1 Å². The van der Waals surface area contributed by atoms with Crippen molar-refractivity contribution in [1.82, 2.24) is 9.88 Å². The average Bonchev–Trinajstić information content (AvgIpc) is 3.01. The number of piperidine rings is 1. The van der Waals surface area contributed by atoms with E-state index in [0.29, 0.717) is 12.1 Å². The van der Waals surface area contributed by atoms with Gasteiger partial charge in [-0.2, -0.15) is 0 Å². The Labute approximate surface area is 152 Å². The number of aliphatic hydroxyl groups is 1.